The summed E-state index contributed by atoms with van der Waals surface area (Å²) in [5.74, 6) is 2.16. The molecule has 0 fully saturated rings. The molecule has 0 radical (unpaired) electrons. The molecule has 3 heterocycles. The molecule has 5 rings (SSSR count). The molecule has 0 aliphatic rings. The van der Waals surface area contributed by atoms with Gasteiger partial charge in [-0.3, -0.25) is 4.40 Å². The van der Waals surface area contributed by atoms with Gasteiger partial charge < -0.3 is 15.8 Å². The number of benzene rings is 2. The third-order valence-electron chi connectivity index (χ3n) is 4.60. The van der Waals surface area contributed by atoms with E-state index in [1.54, 1.807) is 6.33 Å². The summed E-state index contributed by atoms with van der Waals surface area (Å²) in [5, 5.41) is 12.1. The first-order chi connectivity index (χ1) is 14.2. The summed E-state index contributed by atoms with van der Waals surface area (Å²) in [7, 11) is 0. The number of aryl methyl sites for hydroxylation is 1. The lowest BCUT2D eigenvalue weighted by Crippen LogP contribution is -1.98. The van der Waals surface area contributed by atoms with Crippen molar-refractivity contribution in [3.05, 3.63) is 72.9 Å². The Balaban J connectivity index is 1.42. The minimum absolute atomic E-state index is 0.667. The van der Waals surface area contributed by atoms with E-state index < -0.39 is 0 Å². The van der Waals surface area contributed by atoms with Crippen molar-refractivity contribution in [2.45, 2.75) is 6.92 Å². The van der Waals surface area contributed by atoms with Gasteiger partial charge in [0.2, 0.25) is 0 Å². The van der Waals surface area contributed by atoms with Crippen molar-refractivity contribution in [2.75, 3.05) is 11.1 Å². The van der Waals surface area contributed by atoms with Crippen molar-refractivity contribution in [1.29, 1.82) is 0 Å². The molecule has 142 valence electrons. The molecule has 0 atom stereocenters. The zero-order chi connectivity index (χ0) is 19.8. The maximum absolute atomic E-state index is 6.03. The molecular weight excluding hydrogens is 366 g/mol. The van der Waals surface area contributed by atoms with Gasteiger partial charge in [0.05, 0.1) is 5.52 Å². The first kappa shape index (κ1) is 16.9. The first-order valence-corrected chi connectivity index (χ1v) is 9.01. The maximum Gasteiger partial charge on any atom is 0.164 e. The van der Waals surface area contributed by atoms with Gasteiger partial charge >= 0.3 is 0 Å². The van der Waals surface area contributed by atoms with Gasteiger partial charge in [0, 0.05) is 29.0 Å². The Morgan fingerprint density at radius 2 is 1.97 bits per heavy atom. The van der Waals surface area contributed by atoms with Crippen molar-refractivity contribution >= 4 is 33.7 Å². The summed E-state index contributed by atoms with van der Waals surface area (Å²) in [6.07, 6.45) is 5.04. The van der Waals surface area contributed by atoms with Gasteiger partial charge in [0.25, 0.3) is 0 Å². The van der Waals surface area contributed by atoms with Crippen LogP contribution in [0.5, 0.6) is 11.5 Å². The van der Waals surface area contributed by atoms with Gasteiger partial charge in [-0.2, -0.15) is 0 Å². The van der Waals surface area contributed by atoms with E-state index in [-0.39, 0.29) is 0 Å². The van der Waals surface area contributed by atoms with Crippen molar-refractivity contribution in [3.63, 3.8) is 0 Å². The van der Waals surface area contributed by atoms with Crippen LogP contribution in [0.1, 0.15) is 5.56 Å². The largest absolute Gasteiger partial charge is 0.457 e. The molecular formula is C21H17N7O. The molecule has 0 spiro atoms. The minimum atomic E-state index is 0.667. The van der Waals surface area contributed by atoms with Crippen LogP contribution < -0.4 is 15.8 Å². The molecule has 5 aromatic rings. The second-order valence-electron chi connectivity index (χ2n) is 6.67. The van der Waals surface area contributed by atoms with Crippen LogP contribution in [0.2, 0.25) is 0 Å². The monoisotopic (exact) mass is 383 g/mol. The second-order valence-corrected chi connectivity index (χ2v) is 6.67. The van der Waals surface area contributed by atoms with Crippen molar-refractivity contribution in [3.8, 4) is 11.5 Å². The van der Waals surface area contributed by atoms with Gasteiger partial charge in [-0.05, 0) is 55.0 Å². The number of nitrogens with two attached hydrogens (primary N) is 1. The van der Waals surface area contributed by atoms with E-state index in [1.807, 2.05) is 66.1 Å². The van der Waals surface area contributed by atoms with Crippen molar-refractivity contribution in [2.24, 2.45) is 0 Å². The van der Waals surface area contributed by atoms with Crippen molar-refractivity contribution < 1.29 is 4.74 Å². The van der Waals surface area contributed by atoms with Gasteiger partial charge in [-0.15, -0.1) is 10.2 Å². The normalized spacial score (nSPS) is 11.1. The fourth-order valence-corrected chi connectivity index (χ4v) is 3.14. The molecule has 2 aromatic carbocycles. The highest BCUT2D eigenvalue weighted by Gasteiger charge is 2.08. The molecule has 0 aliphatic heterocycles. The van der Waals surface area contributed by atoms with E-state index in [0.717, 1.165) is 33.6 Å². The molecule has 0 saturated heterocycles. The molecule has 3 aromatic heterocycles. The number of pyridine rings is 1. The Hall–Kier alpha value is -4.20. The quantitative estimate of drug-likeness (QED) is 0.450. The smallest absolute Gasteiger partial charge is 0.164 e. The number of ether oxygens (including phenoxy) is 1. The van der Waals surface area contributed by atoms with Crippen LogP contribution in [-0.4, -0.2) is 24.6 Å². The zero-order valence-corrected chi connectivity index (χ0v) is 15.6. The van der Waals surface area contributed by atoms with Crippen LogP contribution in [-0.2, 0) is 0 Å². The highest BCUT2D eigenvalue weighted by molar-refractivity contribution is 5.92. The second kappa shape index (κ2) is 6.75. The number of rotatable bonds is 4. The number of nitrogens with zero attached hydrogens (tertiary/aromatic N) is 5. The third kappa shape index (κ3) is 3.27. The number of hydrogen-bond acceptors (Lipinski definition) is 7. The number of anilines is 3. The zero-order valence-electron chi connectivity index (χ0n) is 15.6. The van der Waals surface area contributed by atoms with Crippen molar-refractivity contribution in [1.82, 2.24) is 24.6 Å². The van der Waals surface area contributed by atoms with E-state index in [1.165, 1.54) is 6.33 Å². The Bertz CT molecular complexity index is 1350. The lowest BCUT2D eigenvalue weighted by Gasteiger charge is -2.12. The predicted molar refractivity (Wildman–Crippen MR) is 111 cm³/mol. The lowest BCUT2D eigenvalue weighted by atomic mass is 10.2. The number of nitrogens with one attached hydrogen (secondary N) is 1. The predicted octanol–water partition coefficient (Wildman–Crippen LogP) is 4.10. The highest BCUT2D eigenvalue weighted by Crippen LogP contribution is 2.30. The Kier molecular flexibility index (Phi) is 3.94. The van der Waals surface area contributed by atoms with Gasteiger partial charge in [0.1, 0.15) is 30.0 Å². The molecule has 0 bridgehead atoms. The minimum Gasteiger partial charge on any atom is -0.457 e. The van der Waals surface area contributed by atoms with Crippen LogP contribution in [0.4, 0.5) is 17.2 Å². The molecule has 0 amide bonds. The SMILES string of the molecule is Cc1cc(Nc2ncnc3ccc(N)cc23)ccc1Oc1ccn2cnnc2c1. The molecule has 3 N–H and O–H groups in total. The molecule has 29 heavy (non-hydrogen) atoms. The van der Waals surface area contributed by atoms with Crippen LogP contribution in [0.25, 0.3) is 16.6 Å². The first-order valence-electron chi connectivity index (χ1n) is 9.01. The number of nitrogen functional groups attached to an aromatic ring is 1. The van der Waals surface area contributed by atoms with E-state index in [9.17, 15) is 0 Å². The molecule has 8 nitrogen and oxygen atoms in total. The summed E-state index contributed by atoms with van der Waals surface area (Å²) >= 11 is 0. The molecule has 0 unspecified atom stereocenters. The Morgan fingerprint density at radius 1 is 1.03 bits per heavy atom. The summed E-state index contributed by atoms with van der Waals surface area (Å²) < 4.78 is 7.85. The Morgan fingerprint density at radius 3 is 2.86 bits per heavy atom. The average Bonchev–Trinajstić information content (AvgIpc) is 3.18. The fraction of sp³-hybridized carbons (Fsp3) is 0.0476. The van der Waals surface area contributed by atoms with Gasteiger partial charge in [0.15, 0.2) is 5.65 Å². The fourth-order valence-electron chi connectivity index (χ4n) is 3.14. The lowest BCUT2D eigenvalue weighted by molar-refractivity contribution is 0.478. The summed E-state index contributed by atoms with van der Waals surface area (Å²) in [6.45, 7) is 1.99. The topological polar surface area (TPSA) is 103 Å². The third-order valence-corrected chi connectivity index (χ3v) is 4.60. The van der Waals surface area contributed by atoms with E-state index in [0.29, 0.717) is 17.3 Å². The van der Waals surface area contributed by atoms with Crippen LogP contribution in [0, 0.1) is 6.92 Å². The van der Waals surface area contributed by atoms with E-state index in [4.69, 9.17) is 10.5 Å². The maximum atomic E-state index is 6.03. The molecule has 8 heteroatoms. The highest BCUT2D eigenvalue weighted by atomic mass is 16.5. The van der Waals surface area contributed by atoms with E-state index in [2.05, 4.69) is 25.5 Å². The van der Waals surface area contributed by atoms with E-state index >= 15 is 0 Å². The summed E-state index contributed by atoms with van der Waals surface area (Å²) in [5.41, 5.74) is 10.0. The average molecular weight is 383 g/mol. The standard InChI is InChI=1S/C21H17N7O/c1-13-8-15(26-21-17-9-14(22)2-4-18(17)23-11-24-21)3-5-19(13)29-16-6-7-28-12-25-27-20(28)10-16/h2-12H,22H2,1H3,(H,23,24,26). The molecule has 0 saturated carbocycles. The van der Waals surface area contributed by atoms with Gasteiger partial charge in [-0.25, -0.2) is 9.97 Å². The number of fused-ring (bicyclic) bond motifs is 2. The summed E-state index contributed by atoms with van der Waals surface area (Å²) in [4.78, 5) is 8.65. The van der Waals surface area contributed by atoms with Gasteiger partial charge in [-0.1, -0.05) is 0 Å². The number of aromatic nitrogens is 5. The summed E-state index contributed by atoms with van der Waals surface area (Å²) in [6, 6.07) is 15.2. The van der Waals surface area contributed by atoms with Crippen LogP contribution in [0.3, 0.4) is 0 Å². The Labute approximate surface area is 166 Å². The number of hydrogen-bond donors (Lipinski definition) is 2. The van der Waals surface area contributed by atoms with Crippen LogP contribution in [0.15, 0.2) is 67.4 Å². The van der Waals surface area contributed by atoms with Crippen LogP contribution >= 0.6 is 0 Å². The molecule has 0 aliphatic carbocycles.